The molecule has 2 aromatic rings. The number of hydrogen-bond acceptors (Lipinski definition) is 3. The third-order valence-electron chi connectivity index (χ3n) is 3.25. The number of aromatic nitrogens is 2. The molecule has 110 valence electrons. The van der Waals surface area contributed by atoms with Gasteiger partial charge in [0.05, 0.1) is 0 Å². The Bertz CT molecular complexity index is 627. The lowest BCUT2D eigenvalue weighted by molar-refractivity contribution is 0.0696. The Kier molecular flexibility index (Phi) is 5.28. The van der Waals surface area contributed by atoms with E-state index in [9.17, 15) is 4.79 Å². The fourth-order valence-electron chi connectivity index (χ4n) is 2.04. The van der Waals surface area contributed by atoms with E-state index >= 15 is 0 Å². The minimum absolute atomic E-state index is 0.0421. The van der Waals surface area contributed by atoms with Crippen molar-refractivity contribution < 1.29 is 9.90 Å². The maximum absolute atomic E-state index is 10.9. The van der Waals surface area contributed by atoms with Crippen LogP contribution in [0.25, 0.3) is 11.4 Å². The lowest BCUT2D eigenvalue weighted by atomic mass is 10.1. The molecule has 1 heterocycles. The molecule has 1 N–H and O–H groups in total. The summed E-state index contributed by atoms with van der Waals surface area (Å²) < 4.78 is 0. The molecule has 2 rings (SSSR count). The molecule has 0 atom stereocenters. The average Bonchev–Trinajstić information content (AvgIpc) is 2.48. The van der Waals surface area contributed by atoms with Crippen molar-refractivity contribution in [1.82, 2.24) is 9.97 Å². The molecule has 0 unspecified atom stereocenters. The van der Waals surface area contributed by atoms with Crippen molar-refractivity contribution in [2.24, 2.45) is 0 Å². The van der Waals surface area contributed by atoms with Gasteiger partial charge in [-0.2, -0.15) is 0 Å². The highest BCUT2D eigenvalue weighted by atomic mass is 35.5. The number of halogens is 1. The molecule has 5 heteroatoms. The van der Waals surface area contributed by atoms with Crippen molar-refractivity contribution in [1.29, 1.82) is 0 Å². The zero-order valence-electron chi connectivity index (χ0n) is 11.8. The van der Waals surface area contributed by atoms with Crippen LogP contribution in [0.2, 0.25) is 5.15 Å². The summed E-state index contributed by atoms with van der Waals surface area (Å²) in [5, 5.41) is 8.86. The Labute approximate surface area is 128 Å². The smallest absolute Gasteiger partial charge is 0.340 e. The van der Waals surface area contributed by atoms with Crippen LogP contribution in [0, 0.1) is 0 Å². The van der Waals surface area contributed by atoms with Gasteiger partial charge in [0.15, 0.2) is 5.82 Å². The summed E-state index contributed by atoms with van der Waals surface area (Å²) in [5.74, 6) is -0.692. The first-order valence-corrected chi connectivity index (χ1v) is 7.34. The monoisotopic (exact) mass is 304 g/mol. The molecular formula is C16H17ClN2O2. The average molecular weight is 305 g/mol. The largest absolute Gasteiger partial charge is 0.478 e. The highest BCUT2D eigenvalue weighted by Crippen LogP contribution is 2.20. The van der Waals surface area contributed by atoms with Gasteiger partial charge in [-0.25, -0.2) is 14.8 Å². The molecule has 0 radical (unpaired) electrons. The molecule has 0 aliphatic carbocycles. The Balaban J connectivity index is 2.15. The maximum atomic E-state index is 10.9. The second-order valence-electron chi connectivity index (χ2n) is 4.86. The van der Waals surface area contributed by atoms with Crippen LogP contribution in [0.1, 0.15) is 42.1 Å². The Morgan fingerprint density at radius 2 is 1.95 bits per heavy atom. The highest BCUT2D eigenvalue weighted by Gasteiger charge is 2.12. The lowest BCUT2D eigenvalue weighted by Crippen LogP contribution is -2.01. The molecule has 0 aliphatic rings. The number of aryl methyl sites for hydroxylation is 1. The zero-order valence-corrected chi connectivity index (χ0v) is 12.6. The molecule has 0 fully saturated rings. The summed E-state index contributed by atoms with van der Waals surface area (Å²) in [5.41, 5.74) is 2.02. The minimum Gasteiger partial charge on any atom is -0.478 e. The van der Waals surface area contributed by atoms with Crippen molar-refractivity contribution >= 4 is 17.6 Å². The zero-order chi connectivity index (χ0) is 15.2. The quantitative estimate of drug-likeness (QED) is 0.641. The standard InChI is InChI=1S/C16H17ClN2O2/c1-2-3-4-5-11-6-8-12(9-7-11)15-18-10-13(16(20)21)14(17)19-15/h6-10H,2-5H2,1H3,(H,20,21). The molecule has 0 amide bonds. The molecule has 4 nitrogen and oxygen atoms in total. The van der Waals surface area contributed by atoms with E-state index in [-0.39, 0.29) is 10.7 Å². The predicted octanol–water partition coefficient (Wildman–Crippen LogP) is 4.23. The lowest BCUT2D eigenvalue weighted by Gasteiger charge is -2.05. The Hall–Kier alpha value is -1.94. The van der Waals surface area contributed by atoms with Gasteiger partial charge in [-0.1, -0.05) is 55.6 Å². The second kappa shape index (κ2) is 7.18. The van der Waals surface area contributed by atoms with Gasteiger partial charge in [0, 0.05) is 11.8 Å². The maximum Gasteiger partial charge on any atom is 0.340 e. The Morgan fingerprint density at radius 1 is 1.24 bits per heavy atom. The van der Waals surface area contributed by atoms with Crippen LogP contribution < -0.4 is 0 Å². The number of benzene rings is 1. The molecule has 0 saturated carbocycles. The molecule has 1 aromatic carbocycles. The topological polar surface area (TPSA) is 63.1 Å². The van der Waals surface area contributed by atoms with Crippen molar-refractivity contribution in [2.75, 3.05) is 0 Å². The van der Waals surface area contributed by atoms with Gasteiger partial charge in [-0.05, 0) is 18.4 Å². The SMILES string of the molecule is CCCCCc1ccc(-c2ncc(C(=O)O)c(Cl)n2)cc1. The van der Waals surface area contributed by atoms with E-state index in [0.717, 1.165) is 12.0 Å². The third kappa shape index (κ3) is 4.02. The summed E-state index contributed by atoms with van der Waals surface area (Å²) in [6.07, 6.45) is 5.93. The van der Waals surface area contributed by atoms with E-state index < -0.39 is 5.97 Å². The van der Waals surface area contributed by atoms with Gasteiger partial charge >= 0.3 is 5.97 Å². The van der Waals surface area contributed by atoms with Crippen LogP contribution in [0.5, 0.6) is 0 Å². The molecule has 0 bridgehead atoms. The van der Waals surface area contributed by atoms with E-state index in [1.54, 1.807) is 0 Å². The summed E-state index contributed by atoms with van der Waals surface area (Å²) in [4.78, 5) is 19.0. The predicted molar refractivity (Wildman–Crippen MR) is 82.7 cm³/mol. The van der Waals surface area contributed by atoms with Crippen LogP contribution in [0.3, 0.4) is 0 Å². The molecule has 0 saturated heterocycles. The third-order valence-corrected chi connectivity index (χ3v) is 3.54. The van der Waals surface area contributed by atoms with Gasteiger partial charge in [0.25, 0.3) is 0 Å². The van der Waals surface area contributed by atoms with Crippen molar-refractivity contribution in [3.63, 3.8) is 0 Å². The van der Waals surface area contributed by atoms with Crippen LogP contribution in [0.4, 0.5) is 0 Å². The van der Waals surface area contributed by atoms with Gasteiger partial charge in [-0.3, -0.25) is 0 Å². The minimum atomic E-state index is -1.13. The van der Waals surface area contributed by atoms with Crippen LogP contribution in [-0.4, -0.2) is 21.0 Å². The normalized spacial score (nSPS) is 10.6. The van der Waals surface area contributed by atoms with E-state index in [4.69, 9.17) is 16.7 Å². The van der Waals surface area contributed by atoms with Gasteiger partial charge in [0.2, 0.25) is 0 Å². The molecule has 0 spiro atoms. The summed E-state index contributed by atoms with van der Waals surface area (Å²) >= 11 is 5.86. The molecule has 0 aliphatic heterocycles. The molecular weight excluding hydrogens is 288 g/mol. The number of carbonyl (C=O) groups is 1. The first-order valence-electron chi connectivity index (χ1n) is 6.97. The van der Waals surface area contributed by atoms with Crippen molar-refractivity contribution in [3.05, 3.63) is 46.7 Å². The highest BCUT2D eigenvalue weighted by molar-refractivity contribution is 6.32. The second-order valence-corrected chi connectivity index (χ2v) is 5.22. The van der Waals surface area contributed by atoms with E-state index in [0.29, 0.717) is 5.82 Å². The van der Waals surface area contributed by atoms with Crippen molar-refractivity contribution in [3.8, 4) is 11.4 Å². The number of hydrogen-bond donors (Lipinski definition) is 1. The fraction of sp³-hybridized carbons (Fsp3) is 0.312. The van der Waals surface area contributed by atoms with Gasteiger partial charge in [0.1, 0.15) is 10.7 Å². The summed E-state index contributed by atoms with van der Waals surface area (Å²) in [7, 11) is 0. The van der Waals surface area contributed by atoms with Gasteiger partial charge in [-0.15, -0.1) is 0 Å². The van der Waals surface area contributed by atoms with Crippen LogP contribution in [-0.2, 0) is 6.42 Å². The number of carboxylic acids is 1. The number of carboxylic acid groups (broad SMARTS) is 1. The van der Waals surface area contributed by atoms with Crippen LogP contribution >= 0.6 is 11.6 Å². The molecule has 1 aromatic heterocycles. The van der Waals surface area contributed by atoms with E-state index in [2.05, 4.69) is 16.9 Å². The van der Waals surface area contributed by atoms with Crippen LogP contribution in [0.15, 0.2) is 30.5 Å². The number of rotatable bonds is 6. The summed E-state index contributed by atoms with van der Waals surface area (Å²) in [6.45, 7) is 2.19. The number of unbranched alkanes of at least 4 members (excludes halogenated alkanes) is 2. The number of nitrogens with zero attached hydrogens (tertiary/aromatic N) is 2. The van der Waals surface area contributed by atoms with E-state index in [1.807, 2.05) is 24.3 Å². The Morgan fingerprint density at radius 3 is 2.52 bits per heavy atom. The first kappa shape index (κ1) is 15.4. The fourth-order valence-corrected chi connectivity index (χ4v) is 2.25. The summed E-state index contributed by atoms with van der Waals surface area (Å²) in [6, 6.07) is 7.97. The molecule has 21 heavy (non-hydrogen) atoms. The first-order chi connectivity index (χ1) is 10.1. The number of aromatic carboxylic acids is 1. The van der Waals surface area contributed by atoms with Gasteiger partial charge < -0.3 is 5.11 Å². The van der Waals surface area contributed by atoms with Crippen molar-refractivity contribution in [2.45, 2.75) is 32.6 Å². The van der Waals surface area contributed by atoms with E-state index in [1.165, 1.54) is 31.0 Å².